The first-order valence-corrected chi connectivity index (χ1v) is 9.52. The smallest absolute Gasteiger partial charge is 0.239 e. The fraction of sp³-hybridized carbons (Fsp3) is 0.174. The van der Waals surface area contributed by atoms with Crippen molar-refractivity contribution in [3.8, 4) is 0 Å². The van der Waals surface area contributed by atoms with Crippen molar-refractivity contribution >= 4 is 33.6 Å². The van der Waals surface area contributed by atoms with E-state index in [2.05, 4.69) is 15.6 Å². The standard InChI is InChI=1S/C23H22N4O2/c1-27-20-12-5-4-11-19(20)26-21(27)14-24-23(29)15-25-22(28)13-17-9-6-8-16-7-2-3-10-18(16)17/h2-12H,13-15H2,1H3,(H,24,29)(H,25,28). The molecule has 0 saturated carbocycles. The van der Waals surface area contributed by atoms with Crippen molar-refractivity contribution in [1.82, 2.24) is 20.2 Å². The molecule has 0 radical (unpaired) electrons. The van der Waals surface area contributed by atoms with Crippen molar-refractivity contribution in [1.29, 1.82) is 0 Å². The Morgan fingerprint density at radius 2 is 1.66 bits per heavy atom. The number of hydrogen-bond donors (Lipinski definition) is 2. The Balaban J connectivity index is 1.31. The molecule has 6 heteroatoms. The van der Waals surface area contributed by atoms with Crippen LogP contribution in [0.2, 0.25) is 0 Å². The zero-order valence-electron chi connectivity index (χ0n) is 16.2. The summed E-state index contributed by atoms with van der Waals surface area (Å²) in [6.45, 7) is 0.247. The SMILES string of the molecule is Cn1c(CNC(=O)CNC(=O)Cc2cccc3ccccc23)nc2ccccc21. The summed E-state index contributed by atoms with van der Waals surface area (Å²) in [7, 11) is 1.92. The Hall–Kier alpha value is -3.67. The third-order valence-electron chi connectivity index (χ3n) is 5.00. The van der Waals surface area contributed by atoms with E-state index in [0.29, 0.717) is 6.54 Å². The van der Waals surface area contributed by atoms with Crippen molar-refractivity contribution in [3.05, 3.63) is 78.1 Å². The fourth-order valence-electron chi connectivity index (χ4n) is 3.45. The van der Waals surface area contributed by atoms with Crippen molar-refractivity contribution in [2.24, 2.45) is 7.05 Å². The predicted octanol–water partition coefficient (Wildman–Crippen LogP) is 2.70. The molecule has 4 aromatic rings. The highest BCUT2D eigenvalue weighted by Crippen LogP contribution is 2.18. The van der Waals surface area contributed by atoms with Crippen LogP contribution in [-0.4, -0.2) is 27.9 Å². The summed E-state index contributed by atoms with van der Waals surface area (Å²) in [6, 6.07) is 21.7. The quantitative estimate of drug-likeness (QED) is 0.535. The first-order chi connectivity index (χ1) is 14.1. The number of para-hydroxylation sites is 2. The summed E-state index contributed by atoms with van der Waals surface area (Å²) < 4.78 is 1.95. The number of fused-ring (bicyclic) bond motifs is 2. The number of nitrogens with one attached hydrogen (secondary N) is 2. The minimum Gasteiger partial charge on any atom is -0.347 e. The molecule has 0 aliphatic carbocycles. The van der Waals surface area contributed by atoms with Gasteiger partial charge in [0.15, 0.2) is 0 Å². The molecule has 0 saturated heterocycles. The molecule has 0 unspecified atom stereocenters. The lowest BCUT2D eigenvalue weighted by Crippen LogP contribution is -2.37. The van der Waals surface area contributed by atoms with Gasteiger partial charge in [0.1, 0.15) is 5.82 Å². The summed E-state index contributed by atoms with van der Waals surface area (Å²) >= 11 is 0. The first-order valence-electron chi connectivity index (χ1n) is 9.52. The molecule has 1 aromatic heterocycles. The highest BCUT2D eigenvalue weighted by Gasteiger charge is 2.11. The van der Waals surface area contributed by atoms with Gasteiger partial charge in [0.25, 0.3) is 0 Å². The van der Waals surface area contributed by atoms with E-state index in [9.17, 15) is 9.59 Å². The molecule has 146 valence electrons. The number of rotatable bonds is 6. The Kier molecular flexibility index (Phi) is 5.24. The number of aromatic nitrogens is 2. The Morgan fingerprint density at radius 1 is 0.897 bits per heavy atom. The predicted molar refractivity (Wildman–Crippen MR) is 113 cm³/mol. The molecule has 2 amide bonds. The van der Waals surface area contributed by atoms with E-state index in [1.807, 2.05) is 78.3 Å². The van der Waals surface area contributed by atoms with E-state index in [0.717, 1.165) is 33.2 Å². The van der Waals surface area contributed by atoms with Crippen LogP contribution in [0.15, 0.2) is 66.7 Å². The number of amides is 2. The van der Waals surface area contributed by atoms with Crippen LogP contribution in [0.4, 0.5) is 0 Å². The van der Waals surface area contributed by atoms with Crippen molar-refractivity contribution < 1.29 is 9.59 Å². The van der Waals surface area contributed by atoms with Gasteiger partial charge in [0, 0.05) is 7.05 Å². The third kappa shape index (κ3) is 4.11. The van der Waals surface area contributed by atoms with Gasteiger partial charge in [0.2, 0.25) is 11.8 Å². The number of benzene rings is 3. The molecular formula is C23H22N4O2. The fourth-order valence-corrected chi connectivity index (χ4v) is 3.45. The third-order valence-corrected chi connectivity index (χ3v) is 5.00. The molecule has 29 heavy (non-hydrogen) atoms. The summed E-state index contributed by atoms with van der Waals surface area (Å²) in [6.07, 6.45) is 0.236. The van der Waals surface area contributed by atoms with Crippen LogP contribution in [0, 0.1) is 0 Å². The second-order valence-electron chi connectivity index (χ2n) is 6.94. The molecule has 3 aromatic carbocycles. The topological polar surface area (TPSA) is 76.0 Å². The maximum Gasteiger partial charge on any atom is 0.239 e. The number of imidazole rings is 1. The largest absolute Gasteiger partial charge is 0.347 e. The van der Waals surface area contributed by atoms with Crippen molar-refractivity contribution in [2.75, 3.05) is 6.54 Å². The maximum absolute atomic E-state index is 12.3. The molecule has 2 N–H and O–H groups in total. The second kappa shape index (κ2) is 8.14. The average molecular weight is 386 g/mol. The maximum atomic E-state index is 12.3. The van der Waals surface area contributed by atoms with Gasteiger partial charge in [0.05, 0.1) is 30.5 Å². The van der Waals surface area contributed by atoms with Crippen LogP contribution in [-0.2, 0) is 29.6 Å². The molecule has 0 atom stereocenters. The van der Waals surface area contributed by atoms with Gasteiger partial charge in [-0.25, -0.2) is 4.98 Å². The van der Waals surface area contributed by atoms with Gasteiger partial charge in [-0.15, -0.1) is 0 Å². The highest BCUT2D eigenvalue weighted by molar-refractivity contribution is 5.91. The van der Waals surface area contributed by atoms with Gasteiger partial charge in [-0.05, 0) is 28.5 Å². The number of hydrogen-bond acceptors (Lipinski definition) is 3. The van der Waals surface area contributed by atoms with E-state index >= 15 is 0 Å². The van der Waals surface area contributed by atoms with Gasteiger partial charge in [-0.2, -0.15) is 0 Å². The van der Waals surface area contributed by atoms with Crippen LogP contribution in [0.1, 0.15) is 11.4 Å². The molecule has 0 bridgehead atoms. The molecule has 0 aliphatic rings. The van der Waals surface area contributed by atoms with Gasteiger partial charge in [-0.3, -0.25) is 9.59 Å². The molecule has 6 nitrogen and oxygen atoms in total. The Labute approximate surface area is 168 Å². The molecule has 1 heterocycles. The molecular weight excluding hydrogens is 364 g/mol. The van der Waals surface area contributed by atoms with Crippen LogP contribution in [0.3, 0.4) is 0 Å². The van der Waals surface area contributed by atoms with Gasteiger partial charge in [-0.1, -0.05) is 54.6 Å². The van der Waals surface area contributed by atoms with Gasteiger partial charge >= 0.3 is 0 Å². The van der Waals surface area contributed by atoms with Crippen molar-refractivity contribution in [3.63, 3.8) is 0 Å². The summed E-state index contributed by atoms with van der Waals surface area (Å²) in [5, 5.41) is 7.66. The van der Waals surface area contributed by atoms with E-state index in [4.69, 9.17) is 0 Å². The summed E-state index contributed by atoms with van der Waals surface area (Å²) in [5.74, 6) is 0.337. The average Bonchev–Trinajstić information content (AvgIpc) is 3.07. The number of carbonyl (C=O) groups excluding carboxylic acids is 2. The van der Waals surface area contributed by atoms with Crippen LogP contribution >= 0.6 is 0 Å². The van der Waals surface area contributed by atoms with E-state index in [1.165, 1.54) is 0 Å². The highest BCUT2D eigenvalue weighted by atomic mass is 16.2. The summed E-state index contributed by atoms with van der Waals surface area (Å²) in [5.41, 5.74) is 2.85. The Bertz CT molecular complexity index is 1190. The molecule has 0 fully saturated rings. The Morgan fingerprint density at radius 3 is 2.52 bits per heavy atom. The molecule has 0 spiro atoms. The van der Waals surface area contributed by atoms with Gasteiger partial charge < -0.3 is 15.2 Å². The minimum atomic E-state index is -0.247. The van der Waals surface area contributed by atoms with Crippen LogP contribution in [0.25, 0.3) is 21.8 Å². The number of carbonyl (C=O) groups is 2. The summed E-state index contributed by atoms with van der Waals surface area (Å²) in [4.78, 5) is 29.0. The van der Waals surface area contributed by atoms with E-state index in [1.54, 1.807) is 0 Å². The van der Waals surface area contributed by atoms with Crippen LogP contribution in [0.5, 0.6) is 0 Å². The zero-order valence-corrected chi connectivity index (χ0v) is 16.2. The molecule has 4 rings (SSSR count). The van der Waals surface area contributed by atoms with Crippen molar-refractivity contribution in [2.45, 2.75) is 13.0 Å². The monoisotopic (exact) mass is 386 g/mol. The lowest BCUT2D eigenvalue weighted by Gasteiger charge is -2.09. The van der Waals surface area contributed by atoms with Crippen LogP contribution < -0.4 is 10.6 Å². The number of aryl methyl sites for hydroxylation is 1. The molecule has 0 aliphatic heterocycles. The zero-order chi connectivity index (χ0) is 20.2. The van der Waals surface area contributed by atoms with E-state index in [-0.39, 0.29) is 24.8 Å². The first kappa shape index (κ1) is 18.7. The second-order valence-corrected chi connectivity index (χ2v) is 6.94. The lowest BCUT2D eigenvalue weighted by atomic mass is 10.0. The minimum absolute atomic E-state index is 0.0620. The van der Waals surface area contributed by atoms with E-state index < -0.39 is 0 Å². The number of nitrogens with zero attached hydrogens (tertiary/aromatic N) is 2. The lowest BCUT2D eigenvalue weighted by molar-refractivity contribution is -0.125. The normalized spacial score (nSPS) is 10.9.